The van der Waals surface area contributed by atoms with E-state index < -0.39 is 6.04 Å². The third kappa shape index (κ3) is 2.86. The van der Waals surface area contributed by atoms with Gasteiger partial charge >= 0.3 is 6.03 Å². The molecule has 1 aliphatic heterocycles. The topological polar surface area (TPSA) is 48.1 Å². The standard InChI is InChI=1S/C23H24FN3O/c24-19-11-5-3-10-18(19)22-21-17(16-9-4-6-12-20(16)26-21)13-14-27(22)23(28)25-15-7-1-2-8-15/h3-6,9-12,15,22,26H,1-2,7-8,13-14H2,(H,25,28)/t22-/m1/s1. The highest BCUT2D eigenvalue weighted by molar-refractivity contribution is 5.86. The molecule has 5 heteroatoms. The van der Waals surface area contributed by atoms with Crippen LogP contribution in [0.25, 0.3) is 10.9 Å². The molecule has 0 saturated heterocycles. The van der Waals surface area contributed by atoms with Gasteiger partial charge < -0.3 is 15.2 Å². The lowest BCUT2D eigenvalue weighted by atomic mass is 9.92. The Morgan fingerprint density at radius 2 is 1.82 bits per heavy atom. The number of carbonyl (C=O) groups is 1. The smallest absolute Gasteiger partial charge is 0.318 e. The van der Waals surface area contributed by atoms with Gasteiger partial charge in [-0.3, -0.25) is 0 Å². The van der Waals surface area contributed by atoms with Crippen molar-refractivity contribution in [2.45, 2.75) is 44.2 Å². The molecular weight excluding hydrogens is 353 g/mol. The van der Waals surface area contributed by atoms with Crippen molar-refractivity contribution >= 4 is 16.9 Å². The minimum absolute atomic E-state index is 0.0931. The quantitative estimate of drug-likeness (QED) is 0.655. The van der Waals surface area contributed by atoms with E-state index in [2.05, 4.69) is 16.4 Å². The van der Waals surface area contributed by atoms with Gasteiger partial charge in [-0.1, -0.05) is 49.2 Å². The summed E-state index contributed by atoms with van der Waals surface area (Å²) >= 11 is 0. The molecule has 5 rings (SSSR count). The van der Waals surface area contributed by atoms with E-state index in [0.717, 1.165) is 48.7 Å². The summed E-state index contributed by atoms with van der Waals surface area (Å²) in [5.74, 6) is -0.280. The molecule has 2 amide bonds. The van der Waals surface area contributed by atoms with Crippen LogP contribution >= 0.6 is 0 Å². The van der Waals surface area contributed by atoms with Gasteiger partial charge in [-0.15, -0.1) is 0 Å². The van der Waals surface area contributed by atoms with Crippen molar-refractivity contribution in [1.29, 1.82) is 0 Å². The number of nitrogens with one attached hydrogen (secondary N) is 2. The number of nitrogens with zero attached hydrogens (tertiary/aromatic N) is 1. The van der Waals surface area contributed by atoms with E-state index >= 15 is 0 Å². The van der Waals surface area contributed by atoms with Crippen molar-refractivity contribution in [2.75, 3.05) is 6.54 Å². The van der Waals surface area contributed by atoms with Gasteiger partial charge in [0, 0.05) is 34.7 Å². The molecule has 1 aromatic heterocycles. The predicted molar refractivity (Wildman–Crippen MR) is 108 cm³/mol. The van der Waals surface area contributed by atoms with Crippen LogP contribution in [-0.2, 0) is 6.42 Å². The summed E-state index contributed by atoms with van der Waals surface area (Å²) < 4.78 is 14.8. The van der Waals surface area contributed by atoms with Gasteiger partial charge in [0.25, 0.3) is 0 Å². The minimum atomic E-state index is -0.446. The van der Waals surface area contributed by atoms with Gasteiger partial charge in [0.2, 0.25) is 0 Å². The van der Waals surface area contributed by atoms with Crippen LogP contribution in [0.3, 0.4) is 0 Å². The molecule has 4 nitrogen and oxygen atoms in total. The fraction of sp³-hybridized carbons (Fsp3) is 0.348. The number of rotatable bonds is 2. The average molecular weight is 377 g/mol. The molecule has 1 fully saturated rings. The maximum absolute atomic E-state index is 14.8. The number of hydrogen-bond donors (Lipinski definition) is 2. The van der Waals surface area contributed by atoms with Crippen molar-refractivity contribution in [3.8, 4) is 0 Å². The SMILES string of the molecule is O=C(NC1CCCC1)N1CCc2c([nH]c3ccccc23)[C@H]1c1ccccc1F. The zero-order valence-corrected chi connectivity index (χ0v) is 15.7. The first-order chi connectivity index (χ1) is 13.7. The van der Waals surface area contributed by atoms with Crippen LogP contribution in [0.2, 0.25) is 0 Å². The van der Waals surface area contributed by atoms with Crippen molar-refractivity contribution in [1.82, 2.24) is 15.2 Å². The first kappa shape index (κ1) is 17.3. The van der Waals surface area contributed by atoms with Crippen LogP contribution in [0.4, 0.5) is 9.18 Å². The number of aromatic nitrogens is 1. The van der Waals surface area contributed by atoms with E-state index in [0.29, 0.717) is 12.1 Å². The molecule has 144 valence electrons. The number of benzene rings is 2. The molecule has 28 heavy (non-hydrogen) atoms. The molecule has 2 N–H and O–H groups in total. The molecule has 0 bridgehead atoms. The Morgan fingerprint density at radius 1 is 1.07 bits per heavy atom. The molecule has 3 aromatic rings. The second kappa shape index (κ2) is 6.97. The van der Waals surface area contributed by atoms with Crippen LogP contribution in [-0.4, -0.2) is 28.5 Å². The van der Waals surface area contributed by atoms with E-state index in [1.165, 1.54) is 11.6 Å². The van der Waals surface area contributed by atoms with E-state index in [9.17, 15) is 9.18 Å². The van der Waals surface area contributed by atoms with E-state index in [4.69, 9.17) is 0 Å². The van der Waals surface area contributed by atoms with Gasteiger partial charge in [0.05, 0.1) is 0 Å². The van der Waals surface area contributed by atoms with Crippen molar-refractivity contribution in [3.05, 3.63) is 71.2 Å². The summed E-state index contributed by atoms with van der Waals surface area (Å²) in [5, 5.41) is 4.34. The predicted octanol–water partition coefficient (Wildman–Crippen LogP) is 4.91. The molecular formula is C23H24FN3O. The van der Waals surface area contributed by atoms with Crippen LogP contribution in [0.1, 0.15) is 48.5 Å². The number of amides is 2. The number of para-hydroxylation sites is 1. The van der Waals surface area contributed by atoms with Crippen LogP contribution in [0.5, 0.6) is 0 Å². The molecule has 2 aliphatic rings. The Morgan fingerprint density at radius 3 is 2.64 bits per heavy atom. The summed E-state index contributed by atoms with van der Waals surface area (Å²) in [4.78, 5) is 18.4. The molecule has 2 aromatic carbocycles. The largest absolute Gasteiger partial charge is 0.356 e. The van der Waals surface area contributed by atoms with Crippen molar-refractivity contribution < 1.29 is 9.18 Å². The summed E-state index contributed by atoms with van der Waals surface area (Å²) in [6.07, 6.45) is 5.15. The molecule has 2 heterocycles. The Balaban J connectivity index is 1.59. The van der Waals surface area contributed by atoms with Gasteiger partial charge in [-0.25, -0.2) is 9.18 Å². The summed E-state index contributed by atoms with van der Waals surface area (Å²) in [6, 6.07) is 14.6. The zero-order valence-electron chi connectivity index (χ0n) is 15.7. The molecule has 0 spiro atoms. The van der Waals surface area contributed by atoms with Crippen LogP contribution in [0, 0.1) is 5.82 Å². The molecule has 0 radical (unpaired) electrons. The second-order valence-electron chi connectivity index (χ2n) is 7.86. The summed E-state index contributed by atoms with van der Waals surface area (Å²) in [7, 11) is 0. The first-order valence-corrected chi connectivity index (χ1v) is 10.1. The van der Waals surface area contributed by atoms with Gasteiger partial charge in [0.1, 0.15) is 11.9 Å². The summed E-state index contributed by atoms with van der Waals surface area (Å²) in [6.45, 7) is 0.576. The maximum Gasteiger partial charge on any atom is 0.318 e. The number of aromatic amines is 1. The Bertz CT molecular complexity index is 1020. The second-order valence-corrected chi connectivity index (χ2v) is 7.86. The van der Waals surface area contributed by atoms with Crippen molar-refractivity contribution in [3.63, 3.8) is 0 Å². The number of halogens is 1. The molecule has 1 saturated carbocycles. The number of fused-ring (bicyclic) bond motifs is 3. The average Bonchev–Trinajstić information content (AvgIpc) is 3.35. The van der Waals surface area contributed by atoms with Crippen LogP contribution in [0.15, 0.2) is 48.5 Å². The third-order valence-electron chi connectivity index (χ3n) is 6.18. The van der Waals surface area contributed by atoms with E-state index in [-0.39, 0.29) is 17.9 Å². The molecule has 1 atom stereocenters. The number of urea groups is 1. The third-order valence-corrected chi connectivity index (χ3v) is 6.18. The van der Waals surface area contributed by atoms with Gasteiger partial charge in [0.15, 0.2) is 0 Å². The zero-order chi connectivity index (χ0) is 19.1. The molecule has 0 unspecified atom stereocenters. The van der Waals surface area contributed by atoms with Crippen LogP contribution < -0.4 is 5.32 Å². The first-order valence-electron chi connectivity index (χ1n) is 10.1. The fourth-order valence-electron chi connectivity index (χ4n) is 4.81. The number of carbonyl (C=O) groups excluding carboxylic acids is 1. The van der Waals surface area contributed by atoms with Crippen molar-refractivity contribution in [2.24, 2.45) is 0 Å². The highest BCUT2D eigenvalue weighted by Gasteiger charge is 2.36. The fourth-order valence-corrected chi connectivity index (χ4v) is 4.81. The highest BCUT2D eigenvalue weighted by Crippen LogP contribution is 2.39. The Labute approximate surface area is 163 Å². The normalized spacial score (nSPS) is 19.8. The number of hydrogen-bond acceptors (Lipinski definition) is 1. The molecule has 1 aliphatic carbocycles. The lowest BCUT2D eigenvalue weighted by Gasteiger charge is -2.37. The van der Waals surface area contributed by atoms with E-state index in [1.807, 2.05) is 24.3 Å². The lowest BCUT2D eigenvalue weighted by molar-refractivity contribution is 0.174. The van der Waals surface area contributed by atoms with Gasteiger partial charge in [-0.2, -0.15) is 0 Å². The lowest BCUT2D eigenvalue weighted by Crippen LogP contribution is -2.48. The Hall–Kier alpha value is -2.82. The maximum atomic E-state index is 14.8. The summed E-state index contributed by atoms with van der Waals surface area (Å²) in [5.41, 5.74) is 3.69. The number of H-pyrrole nitrogens is 1. The minimum Gasteiger partial charge on any atom is -0.356 e. The monoisotopic (exact) mass is 377 g/mol. The van der Waals surface area contributed by atoms with Gasteiger partial charge in [-0.05, 0) is 37.0 Å². The highest BCUT2D eigenvalue weighted by atomic mass is 19.1. The van der Waals surface area contributed by atoms with E-state index in [1.54, 1.807) is 17.0 Å². The Kier molecular flexibility index (Phi) is 4.30.